The fourth-order valence-corrected chi connectivity index (χ4v) is 3.25. The Morgan fingerprint density at radius 2 is 1.82 bits per heavy atom. The number of hydrogen-bond acceptors (Lipinski definition) is 4. The van der Waals surface area contributed by atoms with Gasteiger partial charge in [0.15, 0.2) is 17.3 Å². The van der Waals surface area contributed by atoms with Crippen LogP contribution in [0.1, 0.15) is 59.9 Å². The highest BCUT2D eigenvalue weighted by Crippen LogP contribution is 2.37. The summed E-state index contributed by atoms with van der Waals surface area (Å²) in [6.07, 6.45) is 1.66. The molecule has 150 valence electrons. The van der Waals surface area contributed by atoms with Gasteiger partial charge in [-0.25, -0.2) is 0 Å². The normalized spacial score (nSPS) is 10.7. The number of anilines is 1. The van der Waals surface area contributed by atoms with E-state index in [0.29, 0.717) is 33.3 Å². The molecule has 0 aromatic heterocycles. The molecule has 0 fully saturated rings. The monoisotopic (exact) mass is 403 g/mol. The lowest BCUT2D eigenvalue weighted by atomic mass is 10.0. The number of amides is 1. The maximum absolute atomic E-state index is 12.7. The maximum Gasteiger partial charge on any atom is 0.255 e. The van der Waals surface area contributed by atoms with Gasteiger partial charge in [0.05, 0.1) is 18.2 Å². The average molecular weight is 404 g/mol. The largest absolute Gasteiger partial charge is 0.491 e. The predicted octanol–water partition coefficient (Wildman–Crippen LogP) is 5.68. The van der Waals surface area contributed by atoms with E-state index in [0.717, 1.165) is 18.4 Å². The molecule has 5 nitrogen and oxygen atoms in total. The lowest BCUT2D eigenvalue weighted by molar-refractivity contribution is 0.101. The highest BCUT2D eigenvalue weighted by atomic mass is 35.5. The molecule has 0 unspecified atom stereocenters. The lowest BCUT2D eigenvalue weighted by Gasteiger charge is -2.19. The smallest absolute Gasteiger partial charge is 0.255 e. The molecule has 0 saturated carbocycles. The number of carbonyl (C=O) groups excluding carboxylic acids is 2. The second kappa shape index (κ2) is 9.60. The van der Waals surface area contributed by atoms with Gasteiger partial charge in [0, 0.05) is 16.8 Å². The molecule has 1 amide bonds. The topological polar surface area (TPSA) is 64.6 Å². The Kier molecular flexibility index (Phi) is 7.46. The van der Waals surface area contributed by atoms with Gasteiger partial charge in [-0.1, -0.05) is 25.4 Å². The molecular weight excluding hydrogens is 378 g/mol. The van der Waals surface area contributed by atoms with Crippen LogP contribution >= 0.6 is 11.6 Å². The number of hydrogen-bond donors (Lipinski definition) is 1. The fourth-order valence-electron chi connectivity index (χ4n) is 2.96. The van der Waals surface area contributed by atoms with E-state index in [2.05, 4.69) is 5.32 Å². The summed E-state index contributed by atoms with van der Waals surface area (Å²) in [5.41, 5.74) is 2.39. The second-order valence-corrected chi connectivity index (χ2v) is 6.99. The molecule has 2 rings (SSSR count). The Balaban J connectivity index is 2.31. The molecule has 0 radical (unpaired) electrons. The molecule has 0 spiro atoms. The fraction of sp³-hybridized carbons (Fsp3) is 0.364. The molecule has 0 atom stereocenters. The van der Waals surface area contributed by atoms with Crippen LogP contribution in [0.15, 0.2) is 30.3 Å². The average Bonchev–Trinajstić information content (AvgIpc) is 2.65. The van der Waals surface area contributed by atoms with Crippen molar-refractivity contribution in [2.45, 2.75) is 46.6 Å². The van der Waals surface area contributed by atoms with Gasteiger partial charge >= 0.3 is 0 Å². The summed E-state index contributed by atoms with van der Waals surface area (Å²) in [5, 5.41) is 3.14. The molecule has 2 aromatic carbocycles. The van der Waals surface area contributed by atoms with Crippen molar-refractivity contribution in [1.29, 1.82) is 0 Å². The zero-order chi connectivity index (χ0) is 20.8. The molecule has 0 aliphatic carbocycles. The van der Waals surface area contributed by atoms with Gasteiger partial charge in [-0.05, 0) is 62.6 Å². The standard InChI is InChI=1S/C22H26ClNO4/c1-6-17(7-2)28-20-12-15(11-19(23)21(20)27-5)22(26)24-16-8-9-18(14(4)25)13(3)10-16/h8-12,17H,6-7H2,1-5H3,(H,24,26). The summed E-state index contributed by atoms with van der Waals surface area (Å²) < 4.78 is 11.3. The van der Waals surface area contributed by atoms with Crippen molar-refractivity contribution in [1.82, 2.24) is 0 Å². The van der Waals surface area contributed by atoms with E-state index in [4.69, 9.17) is 21.1 Å². The minimum absolute atomic E-state index is 0.00468. The molecule has 0 saturated heterocycles. The molecule has 28 heavy (non-hydrogen) atoms. The van der Waals surface area contributed by atoms with E-state index in [1.165, 1.54) is 14.0 Å². The quantitative estimate of drug-likeness (QED) is 0.576. The number of aryl methyl sites for hydroxylation is 1. The Bertz CT molecular complexity index is 875. The number of ketones is 1. The maximum atomic E-state index is 12.7. The van der Waals surface area contributed by atoms with Crippen molar-refractivity contribution in [2.75, 3.05) is 12.4 Å². The van der Waals surface area contributed by atoms with Crippen molar-refractivity contribution >= 4 is 29.0 Å². The first-order valence-corrected chi connectivity index (χ1v) is 9.65. The molecular formula is C22H26ClNO4. The number of benzene rings is 2. The van der Waals surface area contributed by atoms with Gasteiger partial charge in [0.2, 0.25) is 0 Å². The third-order valence-electron chi connectivity index (χ3n) is 4.54. The van der Waals surface area contributed by atoms with Crippen LogP contribution in [-0.2, 0) is 0 Å². The van der Waals surface area contributed by atoms with Crippen molar-refractivity contribution in [3.05, 3.63) is 52.0 Å². The molecule has 0 bridgehead atoms. The SMILES string of the molecule is CCC(CC)Oc1cc(C(=O)Nc2ccc(C(C)=O)c(C)c2)cc(Cl)c1OC. The minimum Gasteiger partial charge on any atom is -0.491 e. The Morgan fingerprint density at radius 3 is 2.36 bits per heavy atom. The Labute approximate surface area is 171 Å². The van der Waals surface area contributed by atoms with Gasteiger partial charge in [0.1, 0.15) is 0 Å². The first-order valence-electron chi connectivity index (χ1n) is 9.27. The van der Waals surface area contributed by atoms with Crippen LogP contribution in [0.2, 0.25) is 5.02 Å². The van der Waals surface area contributed by atoms with Crippen LogP contribution < -0.4 is 14.8 Å². The Hall–Kier alpha value is -2.53. The summed E-state index contributed by atoms with van der Waals surface area (Å²) >= 11 is 6.31. The Morgan fingerprint density at radius 1 is 1.14 bits per heavy atom. The number of halogens is 1. The zero-order valence-electron chi connectivity index (χ0n) is 16.9. The third-order valence-corrected chi connectivity index (χ3v) is 4.82. The summed E-state index contributed by atoms with van der Waals surface area (Å²) in [7, 11) is 1.51. The first kappa shape index (κ1) is 21.8. The second-order valence-electron chi connectivity index (χ2n) is 6.59. The number of carbonyl (C=O) groups is 2. The highest BCUT2D eigenvalue weighted by molar-refractivity contribution is 6.32. The van der Waals surface area contributed by atoms with Crippen LogP contribution in [-0.4, -0.2) is 24.9 Å². The van der Waals surface area contributed by atoms with E-state index < -0.39 is 0 Å². The number of Topliss-reactive ketones (excluding diaryl/α,β-unsaturated/α-hetero) is 1. The van der Waals surface area contributed by atoms with Crippen LogP contribution in [0, 0.1) is 6.92 Å². The summed E-state index contributed by atoms with van der Waals surface area (Å²) in [5.74, 6) is 0.512. The zero-order valence-corrected chi connectivity index (χ0v) is 17.6. The van der Waals surface area contributed by atoms with E-state index in [-0.39, 0.29) is 17.8 Å². The van der Waals surface area contributed by atoms with Gasteiger partial charge in [-0.2, -0.15) is 0 Å². The van der Waals surface area contributed by atoms with Crippen LogP contribution in [0.3, 0.4) is 0 Å². The van der Waals surface area contributed by atoms with Gasteiger partial charge in [-0.3, -0.25) is 9.59 Å². The van der Waals surface area contributed by atoms with Crippen molar-refractivity contribution in [3.8, 4) is 11.5 Å². The van der Waals surface area contributed by atoms with Gasteiger partial charge in [-0.15, -0.1) is 0 Å². The van der Waals surface area contributed by atoms with E-state index in [1.54, 1.807) is 30.3 Å². The minimum atomic E-state index is -0.325. The van der Waals surface area contributed by atoms with E-state index >= 15 is 0 Å². The van der Waals surface area contributed by atoms with Crippen LogP contribution in [0.5, 0.6) is 11.5 Å². The van der Waals surface area contributed by atoms with E-state index in [1.807, 2.05) is 20.8 Å². The van der Waals surface area contributed by atoms with Crippen LogP contribution in [0.25, 0.3) is 0 Å². The number of ether oxygens (including phenoxy) is 2. The summed E-state index contributed by atoms with van der Waals surface area (Å²) in [6.45, 7) is 7.41. The van der Waals surface area contributed by atoms with Crippen molar-refractivity contribution in [2.24, 2.45) is 0 Å². The number of nitrogens with one attached hydrogen (secondary N) is 1. The molecule has 0 heterocycles. The summed E-state index contributed by atoms with van der Waals surface area (Å²) in [6, 6.07) is 8.35. The first-order chi connectivity index (χ1) is 13.3. The van der Waals surface area contributed by atoms with Crippen molar-refractivity contribution in [3.63, 3.8) is 0 Å². The molecule has 0 aliphatic rings. The van der Waals surface area contributed by atoms with Gasteiger partial charge in [0.25, 0.3) is 5.91 Å². The van der Waals surface area contributed by atoms with E-state index in [9.17, 15) is 9.59 Å². The highest BCUT2D eigenvalue weighted by Gasteiger charge is 2.18. The predicted molar refractivity (Wildman–Crippen MR) is 112 cm³/mol. The molecule has 1 N–H and O–H groups in total. The number of rotatable bonds is 8. The number of methoxy groups -OCH3 is 1. The summed E-state index contributed by atoms with van der Waals surface area (Å²) in [4.78, 5) is 24.3. The third kappa shape index (κ3) is 5.04. The molecule has 6 heteroatoms. The molecule has 2 aromatic rings. The lowest BCUT2D eigenvalue weighted by Crippen LogP contribution is -2.16. The van der Waals surface area contributed by atoms with Gasteiger partial charge < -0.3 is 14.8 Å². The molecule has 0 aliphatic heterocycles. The van der Waals surface area contributed by atoms with Crippen LogP contribution in [0.4, 0.5) is 5.69 Å². The van der Waals surface area contributed by atoms with Crippen molar-refractivity contribution < 1.29 is 19.1 Å².